The first-order valence-electron chi connectivity index (χ1n) is 5.04. The number of para-hydroxylation sites is 1. The molecule has 0 aliphatic carbocycles. The van der Waals surface area contributed by atoms with Gasteiger partial charge >= 0.3 is 0 Å². The molecule has 0 bridgehead atoms. The normalized spacial score (nSPS) is 9.75. The molecule has 0 radical (unpaired) electrons. The van der Waals surface area contributed by atoms with Crippen molar-refractivity contribution in [3.05, 3.63) is 52.2 Å². The van der Waals surface area contributed by atoms with Gasteiger partial charge < -0.3 is 4.90 Å². The number of hydrogen-bond acceptors (Lipinski definition) is 3. The van der Waals surface area contributed by atoms with Crippen LogP contribution in [0.15, 0.2) is 41.8 Å². The average molecular weight is 228 g/mol. The molecule has 2 nitrogen and oxygen atoms in total. The van der Waals surface area contributed by atoms with Crippen molar-refractivity contribution in [3.8, 4) is 6.07 Å². The zero-order valence-corrected chi connectivity index (χ0v) is 9.87. The lowest BCUT2D eigenvalue weighted by Crippen LogP contribution is -2.16. The maximum Gasteiger partial charge on any atom is 0.101 e. The first kappa shape index (κ1) is 10.7. The van der Waals surface area contributed by atoms with Gasteiger partial charge in [-0.1, -0.05) is 18.2 Å². The van der Waals surface area contributed by atoms with Gasteiger partial charge in [0.15, 0.2) is 0 Å². The second kappa shape index (κ2) is 4.82. The van der Waals surface area contributed by atoms with Crippen LogP contribution in [0.3, 0.4) is 0 Å². The number of hydrogen-bond donors (Lipinski definition) is 0. The molecule has 0 N–H and O–H groups in total. The van der Waals surface area contributed by atoms with Gasteiger partial charge in [0, 0.05) is 11.9 Å². The third kappa shape index (κ3) is 2.23. The van der Waals surface area contributed by atoms with E-state index >= 15 is 0 Å². The predicted octanol–water partition coefficient (Wildman–Crippen LogP) is 3.26. The van der Waals surface area contributed by atoms with Crippen molar-refractivity contribution in [2.45, 2.75) is 6.54 Å². The topological polar surface area (TPSA) is 27.0 Å². The van der Waals surface area contributed by atoms with E-state index in [0.717, 1.165) is 17.8 Å². The summed E-state index contributed by atoms with van der Waals surface area (Å²) in [6, 6.07) is 14.0. The molecule has 0 atom stereocenters. The third-order valence-electron chi connectivity index (χ3n) is 2.41. The van der Waals surface area contributed by atoms with E-state index in [-0.39, 0.29) is 0 Å². The molecule has 0 aliphatic heterocycles. The summed E-state index contributed by atoms with van der Waals surface area (Å²) in [4.78, 5) is 3.40. The maximum absolute atomic E-state index is 9.02. The van der Waals surface area contributed by atoms with Crippen LogP contribution in [0.5, 0.6) is 0 Å². The zero-order chi connectivity index (χ0) is 11.4. The Morgan fingerprint density at radius 1 is 1.25 bits per heavy atom. The van der Waals surface area contributed by atoms with Gasteiger partial charge in [-0.25, -0.2) is 0 Å². The molecule has 1 aromatic carbocycles. The van der Waals surface area contributed by atoms with E-state index in [1.165, 1.54) is 4.88 Å². The Morgan fingerprint density at radius 3 is 2.75 bits per heavy atom. The number of nitriles is 1. The minimum absolute atomic E-state index is 0.724. The lowest BCUT2D eigenvalue weighted by molar-refractivity contribution is 0.938. The van der Waals surface area contributed by atoms with E-state index in [9.17, 15) is 0 Å². The van der Waals surface area contributed by atoms with Gasteiger partial charge in [-0.05, 0) is 23.6 Å². The molecule has 0 saturated heterocycles. The van der Waals surface area contributed by atoms with Gasteiger partial charge in [0.1, 0.15) is 6.07 Å². The van der Waals surface area contributed by atoms with Gasteiger partial charge in [0.25, 0.3) is 0 Å². The van der Waals surface area contributed by atoms with Crippen molar-refractivity contribution >= 4 is 17.0 Å². The van der Waals surface area contributed by atoms with Crippen molar-refractivity contribution in [1.29, 1.82) is 5.26 Å². The Morgan fingerprint density at radius 2 is 2.06 bits per heavy atom. The molecule has 1 aromatic heterocycles. The quantitative estimate of drug-likeness (QED) is 0.806. The second-order valence-corrected chi connectivity index (χ2v) is 4.60. The first-order chi connectivity index (χ1) is 7.81. The van der Waals surface area contributed by atoms with Crippen LogP contribution in [-0.4, -0.2) is 7.05 Å². The largest absolute Gasteiger partial charge is 0.368 e. The second-order valence-electron chi connectivity index (χ2n) is 3.56. The van der Waals surface area contributed by atoms with Gasteiger partial charge in [-0.15, -0.1) is 11.3 Å². The summed E-state index contributed by atoms with van der Waals surface area (Å²) in [5.74, 6) is 0. The third-order valence-corrected chi connectivity index (χ3v) is 3.27. The fraction of sp³-hybridized carbons (Fsp3) is 0.154. The summed E-state index contributed by atoms with van der Waals surface area (Å²) in [6.45, 7) is 0.844. The zero-order valence-electron chi connectivity index (χ0n) is 9.05. The van der Waals surface area contributed by atoms with E-state index in [1.807, 2.05) is 37.4 Å². The van der Waals surface area contributed by atoms with Crippen LogP contribution in [0.2, 0.25) is 0 Å². The molecular weight excluding hydrogens is 216 g/mol. The number of rotatable bonds is 3. The van der Waals surface area contributed by atoms with Gasteiger partial charge in [0.2, 0.25) is 0 Å². The maximum atomic E-state index is 9.02. The highest BCUT2D eigenvalue weighted by atomic mass is 32.1. The molecule has 0 amide bonds. The van der Waals surface area contributed by atoms with Crippen molar-refractivity contribution < 1.29 is 0 Å². The molecule has 0 fully saturated rings. The van der Waals surface area contributed by atoms with Crippen molar-refractivity contribution in [2.75, 3.05) is 11.9 Å². The highest BCUT2D eigenvalue weighted by Crippen LogP contribution is 2.21. The number of benzene rings is 1. The lowest BCUT2D eigenvalue weighted by atomic mass is 10.2. The fourth-order valence-electron chi connectivity index (χ4n) is 1.62. The molecule has 0 saturated carbocycles. The molecule has 0 unspecified atom stereocenters. The molecular formula is C13H12N2S. The highest BCUT2D eigenvalue weighted by molar-refractivity contribution is 7.09. The molecule has 16 heavy (non-hydrogen) atoms. The van der Waals surface area contributed by atoms with E-state index in [0.29, 0.717) is 0 Å². The van der Waals surface area contributed by atoms with Crippen LogP contribution in [-0.2, 0) is 6.54 Å². The molecule has 2 aromatic rings. The van der Waals surface area contributed by atoms with E-state index < -0.39 is 0 Å². The predicted molar refractivity (Wildman–Crippen MR) is 67.6 cm³/mol. The lowest BCUT2D eigenvalue weighted by Gasteiger charge is -2.19. The molecule has 0 spiro atoms. The Kier molecular flexibility index (Phi) is 3.23. The minimum Gasteiger partial charge on any atom is -0.368 e. The standard InChI is InChI=1S/C13H12N2S/c1-15(10-12-6-4-8-16-12)13-7-3-2-5-11(13)9-14/h2-8H,10H2,1H3. The summed E-state index contributed by atoms with van der Waals surface area (Å²) in [5, 5.41) is 11.1. The fourth-order valence-corrected chi connectivity index (χ4v) is 2.38. The SMILES string of the molecule is CN(Cc1cccs1)c1ccccc1C#N. The number of thiophene rings is 1. The average Bonchev–Trinajstić information content (AvgIpc) is 2.81. The van der Waals surface area contributed by atoms with E-state index in [1.54, 1.807) is 11.3 Å². The Balaban J connectivity index is 2.21. The minimum atomic E-state index is 0.724. The van der Waals surface area contributed by atoms with Crippen molar-refractivity contribution in [3.63, 3.8) is 0 Å². The molecule has 0 aliphatic rings. The summed E-state index contributed by atoms with van der Waals surface area (Å²) in [5.41, 5.74) is 1.71. The molecule has 1 heterocycles. The van der Waals surface area contributed by atoms with Gasteiger partial charge in [0.05, 0.1) is 17.8 Å². The number of anilines is 1. The van der Waals surface area contributed by atoms with Crippen LogP contribution in [0.4, 0.5) is 5.69 Å². The van der Waals surface area contributed by atoms with E-state index in [2.05, 4.69) is 22.4 Å². The monoisotopic (exact) mass is 228 g/mol. The summed E-state index contributed by atoms with van der Waals surface area (Å²) < 4.78 is 0. The van der Waals surface area contributed by atoms with Gasteiger partial charge in [-0.2, -0.15) is 5.26 Å². The van der Waals surface area contributed by atoms with Crippen LogP contribution >= 0.6 is 11.3 Å². The summed E-state index contributed by atoms with van der Waals surface area (Å²) in [7, 11) is 2.01. The summed E-state index contributed by atoms with van der Waals surface area (Å²) in [6.07, 6.45) is 0. The Labute approximate surface area is 99.4 Å². The van der Waals surface area contributed by atoms with Crippen LogP contribution in [0.25, 0.3) is 0 Å². The Hall–Kier alpha value is -1.79. The summed E-state index contributed by atoms with van der Waals surface area (Å²) >= 11 is 1.73. The molecule has 2 rings (SSSR count). The number of nitrogens with zero attached hydrogens (tertiary/aromatic N) is 2. The smallest absolute Gasteiger partial charge is 0.101 e. The van der Waals surface area contributed by atoms with Crippen molar-refractivity contribution in [2.24, 2.45) is 0 Å². The highest BCUT2D eigenvalue weighted by Gasteiger charge is 2.07. The van der Waals surface area contributed by atoms with E-state index in [4.69, 9.17) is 5.26 Å². The molecule has 80 valence electrons. The van der Waals surface area contributed by atoms with Gasteiger partial charge in [-0.3, -0.25) is 0 Å². The molecule has 3 heteroatoms. The Bertz CT molecular complexity index is 497. The van der Waals surface area contributed by atoms with Crippen molar-refractivity contribution in [1.82, 2.24) is 0 Å². The van der Waals surface area contributed by atoms with Crippen LogP contribution < -0.4 is 4.90 Å². The first-order valence-corrected chi connectivity index (χ1v) is 5.92. The van der Waals surface area contributed by atoms with Crippen LogP contribution in [0, 0.1) is 11.3 Å². The van der Waals surface area contributed by atoms with Crippen LogP contribution in [0.1, 0.15) is 10.4 Å².